The molecule has 0 heterocycles. The van der Waals surface area contributed by atoms with E-state index in [1.807, 2.05) is 6.07 Å². The van der Waals surface area contributed by atoms with Crippen LogP contribution >= 0.6 is 11.6 Å². The molecule has 2 rings (SSSR count). The Hall–Kier alpha value is -2.60. The first-order valence-corrected chi connectivity index (χ1v) is 8.58. The number of nitrogens with two attached hydrogens (primary N) is 1. The molecule has 0 unspecified atom stereocenters. The summed E-state index contributed by atoms with van der Waals surface area (Å²) in [6, 6.07) is 11.8. The predicted octanol–water partition coefficient (Wildman–Crippen LogP) is 2.18. The number of nitrogens with zero attached hydrogens (tertiary/aromatic N) is 1. The summed E-state index contributed by atoms with van der Waals surface area (Å²) in [6.07, 6.45) is 0. The van der Waals surface area contributed by atoms with E-state index in [-0.39, 0.29) is 17.0 Å². The second-order valence-corrected chi connectivity index (χ2v) is 6.80. The fourth-order valence-electron chi connectivity index (χ4n) is 1.86. The molecule has 0 atom stereocenters. The molecule has 0 bridgehead atoms. The van der Waals surface area contributed by atoms with Crippen molar-refractivity contribution < 1.29 is 13.2 Å². The van der Waals surface area contributed by atoms with Crippen LogP contribution in [0.4, 0.5) is 10.5 Å². The molecular formula is C15H13ClN4O3S. The molecule has 7 nitrogen and oxygen atoms in total. The number of carbonyl (C=O) groups excluding carboxylic acids is 1. The van der Waals surface area contributed by atoms with Crippen molar-refractivity contribution in [2.45, 2.75) is 11.4 Å². The lowest BCUT2D eigenvalue weighted by molar-refractivity contribution is 0.251. The standard InChI is InChI=1S/C15H13ClN4O3S/c16-12-3-6-14(11(7-12)8-17)20-15(21)19-9-10-1-4-13(5-2-10)24(18,22)23/h1-7H,9H2,(H2,18,22,23)(H2,19,20,21). The number of primary sulfonamides is 1. The fraction of sp³-hybridized carbons (Fsp3) is 0.0667. The zero-order chi connectivity index (χ0) is 17.7. The zero-order valence-electron chi connectivity index (χ0n) is 12.3. The highest BCUT2D eigenvalue weighted by atomic mass is 35.5. The normalized spacial score (nSPS) is 10.7. The Morgan fingerprint density at radius 2 is 1.88 bits per heavy atom. The monoisotopic (exact) mass is 364 g/mol. The topological polar surface area (TPSA) is 125 Å². The van der Waals surface area contributed by atoms with E-state index < -0.39 is 16.1 Å². The molecule has 2 aromatic carbocycles. The van der Waals surface area contributed by atoms with Crippen LogP contribution in [0.2, 0.25) is 5.02 Å². The highest BCUT2D eigenvalue weighted by Crippen LogP contribution is 2.19. The van der Waals surface area contributed by atoms with Crippen molar-refractivity contribution in [2.24, 2.45) is 5.14 Å². The van der Waals surface area contributed by atoms with Crippen LogP contribution in [0.5, 0.6) is 0 Å². The molecule has 0 radical (unpaired) electrons. The molecule has 124 valence electrons. The molecule has 24 heavy (non-hydrogen) atoms. The summed E-state index contributed by atoms with van der Waals surface area (Å²) in [4.78, 5) is 11.9. The van der Waals surface area contributed by atoms with Gasteiger partial charge >= 0.3 is 6.03 Å². The Bertz CT molecular complexity index is 905. The molecule has 2 amide bonds. The first kappa shape index (κ1) is 17.7. The Morgan fingerprint density at radius 1 is 1.21 bits per heavy atom. The molecule has 0 aliphatic carbocycles. The number of hydrogen-bond acceptors (Lipinski definition) is 4. The van der Waals surface area contributed by atoms with E-state index >= 15 is 0 Å². The minimum absolute atomic E-state index is 0.00414. The molecule has 2 aromatic rings. The number of anilines is 1. The summed E-state index contributed by atoms with van der Waals surface area (Å²) in [7, 11) is -3.74. The molecule has 9 heteroatoms. The van der Waals surface area contributed by atoms with Crippen molar-refractivity contribution in [1.82, 2.24) is 5.32 Å². The van der Waals surface area contributed by atoms with E-state index in [0.29, 0.717) is 16.3 Å². The quantitative estimate of drug-likeness (QED) is 0.768. The number of nitrogens with one attached hydrogen (secondary N) is 2. The van der Waals surface area contributed by atoms with Gasteiger partial charge in [0.1, 0.15) is 6.07 Å². The summed E-state index contributed by atoms with van der Waals surface area (Å²) >= 11 is 5.79. The van der Waals surface area contributed by atoms with Crippen LogP contribution in [0.1, 0.15) is 11.1 Å². The van der Waals surface area contributed by atoms with Gasteiger partial charge in [0.15, 0.2) is 0 Å². The molecular weight excluding hydrogens is 352 g/mol. The molecule has 0 aliphatic heterocycles. The fourth-order valence-corrected chi connectivity index (χ4v) is 2.55. The maximum absolute atomic E-state index is 11.9. The van der Waals surface area contributed by atoms with Crippen molar-refractivity contribution >= 4 is 33.3 Å². The Kier molecular flexibility index (Phi) is 5.41. The van der Waals surface area contributed by atoms with Crippen LogP contribution in [-0.4, -0.2) is 14.4 Å². The second kappa shape index (κ2) is 7.31. The number of halogens is 1. The van der Waals surface area contributed by atoms with E-state index in [4.69, 9.17) is 22.0 Å². The van der Waals surface area contributed by atoms with Crippen LogP contribution in [0.3, 0.4) is 0 Å². The van der Waals surface area contributed by atoms with Crippen molar-refractivity contribution in [3.8, 4) is 6.07 Å². The molecule has 0 aromatic heterocycles. The molecule has 0 saturated carbocycles. The summed E-state index contributed by atoms with van der Waals surface area (Å²) < 4.78 is 22.3. The summed E-state index contributed by atoms with van der Waals surface area (Å²) in [5, 5.41) is 19.6. The third kappa shape index (κ3) is 4.70. The number of benzene rings is 2. The number of urea groups is 1. The van der Waals surface area contributed by atoms with Crippen molar-refractivity contribution in [3.05, 3.63) is 58.6 Å². The van der Waals surface area contributed by atoms with E-state index in [2.05, 4.69) is 10.6 Å². The lowest BCUT2D eigenvalue weighted by atomic mass is 10.2. The van der Waals surface area contributed by atoms with Crippen molar-refractivity contribution in [2.75, 3.05) is 5.32 Å². The summed E-state index contributed by atoms with van der Waals surface area (Å²) in [5.41, 5.74) is 1.27. The second-order valence-electron chi connectivity index (χ2n) is 4.80. The average molecular weight is 365 g/mol. The minimum atomic E-state index is -3.74. The van der Waals surface area contributed by atoms with Gasteiger partial charge in [-0.3, -0.25) is 0 Å². The van der Waals surface area contributed by atoms with Gasteiger partial charge in [-0.05, 0) is 35.9 Å². The maximum Gasteiger partial charge on any atom is 0.319 e. The summed E-state index contributed by atoms with van der Waals surface area (Å²) in [5.74, 6) is 0. The number of carbonyl (C=O) groups is 1. The molecule has 0 aliphatic rings. The Morgan fingerprint density at radius 3 is 2.46 bits per heavy atom. The lowest BCUT2D eigenvalue weighted by Gasteiger charge is -2.09. The predicted molar refractivity (Wildman–Crippen MR) is 89.8 cm³/mol. The number of amides is 2. The van der Waals surface area contributed by atoms with Gasteiger partial charge in [-0.2, -0.15) is 5.26 Å². The van der Waals surface area contributed by atoms with Crippen LogP contribution in [0, 0.1) is 11.3 Å². The molecule has 0 spiro atoms. The lowest BCUT2D eigenvalue weighted by Crippen LogP contribution is -2.28. The van der Waals surface area contributed by atoms with E-state index in [0.717, 1.165) is 0 Å². The van der Waals surface area contributed by atoms with Crippen LogP contribution in [0.25, 0.3) is 0 Å². The van der Waals surface area contributed by atoms with Gasteiger partial charge in [0, 0.05) is 11.6 Å². The first-order valence-electron chi connectivity index (χ1n) is 6.66. The number of sulfonamides is 1. The number of hydrogen-bond donors (Lipinski definition) is 3. The molecule has 4 N–H and O–H groups in total. The van der Waals surface area contributed by atoms with Crippen LogP contribution in [-0.2, 0) is 16.6 Å². The van der Waals surface area contributed by atoms with Gasteiger partial charge in [0.05, 0.1) is 16.1 Å². The zero-order valence-corrected chi connectivity index (χ0v) is 13.9. The van der Waals surface area contributed by atoms with Gasteiger partial charge in [-0.15, -0.1) is 0 Å². The van der Waals surface area contributed by atoms with Crippen LogP contribution < -0.4 is 15.8 Å². The smallest absolute Gasteiger partial charge is 0.319 e. The third-order valence-corrected chi connectivity index (χ3v) is 4.22. The highest BCUT2D eigenvalue weighted by molar-refractivity contribution is 7.89. The van der Waals surface area contributed by atoms with Gasteiger partial charge in [0.2, 0.25) is 10.0 Å². The Labute approximate surface area is 144 Å². The largest absolute Gasteiger partial charge is 0.334 e. The SMILES string of the molecule is N#Cc1cc(Cl)ccc1NC(=O)NCc1ccc(S(N)(=O)=O)cc1. The van der Waals surface area contributed by atoms with Gasteiger partial charge < -0.3 is 10.6 Å². The first-order chi connectivity index (χ1) is 11.3. The van der Waals surface area contributed by atoms with Crippen LogP contribution in [0.15, 0.2) is 47.4 Å². The maximum atomic E-state index is 11.9. The third-order valence-electron chi connectivity index (χ3n) is 3.06. The molecule has 0 fully saturated rings. The van der Waals surface area contributed by atoms with Gasteiger partial charge in [0.25, 0.3) is 0 Å². The molecule has 0 saturated heterocycles. The number of rotatable bonds is 4. The van der Waals surface area contributed by atoms with Crippen molar-refractivity contribution in [3.63, 3.8) is 0 Å². The number of nitriles is 1. The van der Waals surface area contributed by atoms with E-state index in [1.165, 1.54) is 24.3 Å². The minimum Gasteiger partial charge on any atom is -0.334 e. The van der Waals surface area contributed by atoms with Gasteiger partial charge in [-0.25, -0.2) is 18.4 Å². The van der Waals surface area contributed by atoms with E-state index in [1.54, 1.807) is 18.2 Å². The highest BCUT2D eigenvalue weighted by Gasteiger charge is 2.09. The summed E-state index contributed by atoms with van der Waals surface area (Å²) in [6.45, 7) is 0.173. The van der Waals surface area contributed by atoms with Gasteiger partial charge in [-0.1, -0.05) is 23.7 Å². The van der Waals surface area contributed by atoms with E-state index in [9.17, 15) is 13.2 Å². The van der Waals surface area contributed by atoms with Crippen molar-refractivity contribution in [1.29, 1.82) is 5.26 Å². The Balaban J connectivity index is 1.98. The average Bonchev–Trinajstić information content (AvgIpc) is 2.54.